The van der Waals surface area contributed by atoms with Crippen LogP contribution in [-0.4, -0.2) is 61.9 Å². The van der Waals surface area contributed by atoms with Crippen LogP contribution in [0.1, 0.15) is 54.7 Å². The molecule has 12 heteroatoms. The van der Waals surface area contributed by atoms with E-state index in [2.05, 4.69) is 0 Å². The summed E-state index contributed by atoms with van der Waals surface area (Å²) in [5.41, 5.74) is -0.351. The Balaban J connectivity index is 1.13. The molecular weight excluding hydrogens is 543 g/mol. The molecule has 0 aliphatic carbocycles. The predicted molar refractivity (Wildman–Crippen MR) is 134 cm³/mol. The number of rotatable bonds is 7. The molecule has 0 radical (unpaired) electrons. The molecule has 0 saturated carbocycles. The van der Waals surface area contributed by atoms with Crippen LogP contribution in [0.5, 0.6) is 5.75 Å². The Morgan fingerprint density at radius 2 is 1.59 bits per heavy atom. The SMILES string of the molecule is O=S(=O)(C1CCCCO1)N1CCC(c2cc(F)c(OC3CN(Cc4ccc(C(F)(F)F)cc4)C3)c(F)c2)CC1. The van der Waals surface area contributed by atoms with Crippen molar-refractivity contribution in [2.24, 2.45) is 0 Å². The van der Waals surface area contributed by atoms with E-state index >= 15 is 0 Å². The first-order chi connectivity index (χ1) is 18.5. The van der Waals surface area contributed by atoms with Crippen LogP contribution in [-0.2, 0) is 27.5 Å². The van der Waals surface area contributed by atoms with Crippen molar-refractivity contribution in [1.29, 1.82) is 0 Å². The fourth-order valence-electron chi connectivity index (χ4n) is 5.43. The molecule has 0 spiro atoms. The second-order valence-electron chi connectivity index (χ2n) is 10.5. The van der Waals surface area contributed by atoms with Crippen LogP contribution in [0.3, 0.4) is 0 Å². The van der Waals surface area contributed by atoms with Crippen LogP contribution in [0.2, 0.25) is 0 Å². The number of benzene rings is 2. The average Bonchev–Trinajstić information content (AvgIpc) is 2.89. The average molecular weight is 575 g/mol. The molecule has 214 valence electrons. The summed E-state index contributed by atoms with van der Waals surface area (Å²) in [6.45, 7) is 2.16. The van der Waals surface area contributed by atoms with Gasteiger partial charge < -0.3 is 9.47 Å². The van der Waals surface area contributed by atoms with Crippen molar-refractivity contribution in [1.82, 2.24) is 9.21 Å². The molecule has 5 rings (SSSR count). The van der Waals surface area contributed by atoms with Gasteiger partial charge in [-0.1, -0.05) is 12.1 Å². The number of halogens is 5. The highest BCUT2D eigenvalue weighted by molar-refractivity contribution is 7.89. The van der Waals surface area contributed by atoms with E-state index in [0.717, 1.165) is 25.0 Å². The molecule has 6 nitrogen and oxygen atoms in total. The zero-order valence-electron chi connectivity index (χ0n) is 21.3. The van der Waals surface area contributed by atoms with E-state index in [1.54, 1.807) is 0 Å². The molecule has 3 saturated heterocycles. The number of nitrogens with zero attached hydrogens (tertiary/aromatic N) is 2. The van der Waals surface area contributed by atoms with E-state index < -0.39 is 50.7 Å². The standard InChI is InChI=1S/C27H31F5N2O4S/c28-23-13-20(19-8-10-34(11-9-19)39(35,36)25-3-1-2-12-37-25)14-24(29)26(23)38-22-16-33(17-22)15-18-4-6-21(7-5-18)27(30,31)32/h4-7,13-14,19,22,25H,1-3,8-12,15-17H2. The Kier molecular flexibility index (Phi) is 8.19. The lowest BCUT2D eigenvalue weighted by Crippen LogP contribution is -2.53. The largest absolute Gasteiger partial charge is 0.482 e. The van der Waals surface area contributed by atoms with Gasteiger partial charge in [-0.3, -0.25) is 4.90 Å². The van der Waals surface area contributed by atoms with Gasteiger partial charge in [0, 0.05) is 39.3 Å². The molecule has 1 atom stereocenters. The summed E-state index contributed by atoms with van der Waals surface area (Å²) in [7, 11) is -3.56. The smallest absolute Gasteiger partial charge is 0.416 e. The predicted octanol–water partition coefficient (Wildman–Crippen LogP) is 5.28. The second kappa shape index (κ2) is 11.3. The van der Waals surface area contributed by atoms with E-state index in [4.69, 9.17) is 9.47 Å². The second-order valence-corrected chi connectivity index (χ2v) is 12.5. The van der Waals surface area contributed by atoms with Gasteiger partial charge in [-0.05, 0) is 73.4 Å². The van der Waals surface area contributed by atoms with Crippen molar-refractivity contribution in [3.63, 3.8) is 0 Å². The summed E-state index contributed by atoms with van der Waals surface area (Å²) in [6, 6.07) is 7.41. The highest BCUT2D eigenvalue weighted by atomic mass is 32.2. The number of ether oxygens (including phenoxy) is 2. The van der Waals surface area contributed by atoms with Gasteiger partial charge >= 0.3 is 6.18 Å². The summed E-state index contributed by atoms with van der Waals surface area (Å²) >= 11 is 0. The van der Waals surface area contributed by atoms with Gasteiger partial charge in [-0.25, -0.2) is 17.2 Å². The quantitative estimate of drug-likeness (QED) is 0.421. The highest BCUT2D eigenvalue weighted by Crippen LogP contribution is 2.35. The van der Waals surface area contributed by atoms with Crippen LogP contribution in [0.15, 0.2) is 36.4 Å². The molecule has 2 aromatic rings. The topological polar surface area (TPSA) is 59.1 Å². The minimum atomic E-state index is -4.39. The van der Waals surface area contributed by atoms with Crippen molar-refractivity contribution in [2.75, 3.05) is 32.8 Å². The van der Waals surface area contributed by atoms with Gasteiger partial charge in [0.2, 0.25) is 10.0 Å². The summed E-state index contributed by atoms with van der Waals surface area (Å²) in [5.74, 6) is -2.24. The van der Waals surface area contributed by atoms with Crippen LogP contribution in [0, 0.1) is 11.6 Å². The van der Waals surface area contributed by atoms with E-state index in [9.17, 15) is 30.4 Å². The monoisotopic (exact) mass is 574 g/mol. The summed E-state index contributed by atoms with van der Waals surface area (Å²) in [5, 5.41) is 0. The molecule has 0 N–H and O–H groups in total. The van der Waals surface area contributed by atoms with Crippen molar-refractivity contribution < 1.29 is 39.8 Å². The molecule has 3 aliphatic rings. The Bertz CT molecular complexity index is 1230. The van der Waals surface area contributed by atoms with Crippen molar-refractivity contribution in [3.05, 3.63) is 64.7 Å². The number of sulfonamides is 1. The van der Waals surface area contributed by atoms with Gasteiger partial charge in [0.15, 0.2) is 22.8 Å². The molecule has 1 unspecified atom stereocenters. The Morgan fingerprint density at radius 1 is 0.949 bits per heavy atom. The molecule has 0 aromatic heterocycles. The number of piperidine rings is 1. The van der Waals surface area contributed by atoms with Crippen LogP contribution in [0.4, 0.5) is 22.0 Å². The molecule has 3 aliphatic heterocycles. The number of likely N-dealkylation sites (tertiary alicyclic amines) is 1. The van der Waals surface area contributed by atoms with Crippen molar-refractivity contribution in [3.8, 4) is 5.75 Å². The summed E-state index contributed by atoms with van der Waals surface area (Å²) in [6.07, 6.45) is -1.78. The van der Waals surface area contributed by atoms with Crippen LogP contribution < -0.4 is 4.74 Å². The van der Waals surface area contributed by atoms with Crippen molar-refractivity contribution in [2.45, 2.75) is 62.3 Å². The third kappa shape index (κ3) is 6.39. The van der Waals surface area contributed by atoms with E-state index in [1.165, 1.54) is 28.6 Å². The molecule has 3 fully saturated rings. The molecule has 39 heavy (non-hydrogen) atoms. The Labute approximate surface area is 224 Å². The lowest BCUT2D eigenvalue weighted by molar-refractivity contribution is -0.137. The van der Waals surface area contributed by atoms with Crippen molar-refractivity contribution >= 4 is 10.0 Å². The summed E-state index contributed by atoms with van der Waals surface area (Å²) in [4.78, 5) is 1.91. The molecule has 0 bridgehead atoms. The molecule has 0 amide bonds. The number of hydrogen-bond donors (Lipinski definition) is 0. The first kappa shape index (κ1) is 28.3. The van der Waals surface area contributed by atoms with Crippen LogP contribution >= 0.6 is 0 Å². The summed E-state index contributed by atoms with van der Waals surface area (Å²) < 4.78 is 106. The van der Waals surface area contributed by atoms with E-state index in [-0.39, 0.29) is 19.0 Å². The number of alkyl halides is 3. The highest BCUT2D eigenvalue weighted by Gasteiger charge is 2.37. The third-order valence-corrected chi connectivity index (χ3v) is 9.79. The molecule has 2 aromatic carbocycles. The lowest BCUT2D eigenvalue weighted by atomic mass is 9.90. The van der Waals surface area contributed by atoms with Gasteiger partial charge in [0.05, 0.1) is 5.56 Å². The maximum Gasteiger partial charge on any atom is 0.416 e. The number of hydrogen-bond acceptors (Lipinski definition) is 5. The zero-order valence-corrected chi connectivity index (χ0v) is 22.1. The van der Waals surface area contributed by atoms with Gasteiger partial charge in [0.1, 0.15) is 6.10 Å². The fourth-order valence-corrected chi connectivity index (χ4v) is 7.22. The minimum Gasteiger partial charge on any atom is -0.482 e. The fraction of sp³-hybridized carbons (Fsp3) is 0.556. The van der Waals surface area contributed by atoms with Crippen LogP contribution in [0.25, 0.3) is 0 Å². The first-order valence-electron chi connectivity index (χ1n) is 13.2. The Hall–Kier alpha value is -2.28. The maximum absolute atomic E-state index is 14.9. The van der Waals surface area contributed by atoms with E-state index in [1.807, 2.05) is 4.90 Å². The molecular formula is C27H31F5N2O4S. The third-order valence-electron chi connectivity index (χ3n) is 7.67. The van der Waals surface area contributed by atoms with Gasteiger partial charge in [0.25, 0.3) is 0 Å². The van der Waals surface area contributed by atoms with E-state index in [0.29, 0.717) is 56.6 Å². The Morgan fingerprint density at radius 3 is 2.15 bits per heavy atom. The molecule has 3 heterocycles. The lowest BCUT2D eigenvalue weighted by Gasteiger charge is -2.39. The van der Waals surface area contributed by atoms with Gasteiger partial charge in [-0.2, -0.15) is 17.5 Å². The maximum atomic E-state index is 14.9. The first-order valence-corrected chi connectivity index (χ1v) is 14.7. The normalized spacial score (nSPS) is 22.5. The van der Waals surface area contributed by atoms with Gasteiger partial charge in [-0.15, -0.1) is 0 Å². The minimum absolute atomic E-state index is 0.176. The zero-order chi connectivity index (χ0) is 27.8.